The third-order valence-electron chi connectivity index (χ3n) is 2.63. The Morgan fingerprint density at radius 3 is 2.50 bits per heavy atom. The molecule has 0 aliphatic carbocycles. The summed E-state index contributed by atoms with van der Waals surface area (Å²) in [5, 5.41) is 0. The summed E-state index contributed by atoms with van der Waals surface area (Å²) in [4.78, 5) is 0. The normalized spacial score (nSPS) is 33.6. The predicted octanol–water partition coefficient (Wildman–Crippen LogP) is 3.03. The first kappa shape index (κ1) is 8.45. The Morgan fingerprint density at radius 2 is 2.10 bits per heavy atom. The van der Waals surface area contributed by atoms with Crippen LogP contribution in [-0.2, 0) is 0 Å². The minimum absolute atomic E-state index is 0.903. The lowest BCUT2D eigenvalue weighted by Crippen LogP contribution is -2.17. The van der Waals surface area contributed by atoms with Crippen molar-refractivity contribution in [2.75, 3.05) is 11.5 Å². The van der Waals surface area contributed by atoms with Crippen LogP contribution < -0.4 is 0 Å². The molecule has 1 saturated heterocycles. The summed E-state index contributed by atoms with van der Waals surface area (Å²) in [6, 6.07) is 0. The fourth-order valence-corrected chi connectivity index (χ4v) is 3.62. The van der Waals surface area contributed by atoms with Crippen LogP contribution >= 0.6 is 11.8 Å². The van der Waals surface area contributed by atoms with Gasteiger partial charge < -0.3 is 0 Å². The second-order valence-electron chi connectivity index (χ2n) is 3.61. The molecule has 10 heavy (non-hydrogen) atoms. The standard InChI is InChI=1S/C9H18S/c1-4-8-5-10-6-9(8)7(2)3/h7-9H,4-6H2,1-3H3. The summed E-state index contributed by atoms with van der Waals surface area (Å²) >= 11 is 2.14. The summed E-state index contributed by atoms with van der Waals surface area (Å²) in [6.45, 7) is 7.05. The SMILES string of the molecule is CCC1CSCC1C(C)C. The number of thioether (sulfide) groups is 1. The van der Waals surface area contributed by atoms with Crippen LogP contribution in [0, 0.1) is 17.8 Å². The van der Waals surface area contributed by atoms with Crippen LogP contribution in [0.5, 0.6) is 0 Å². The van der Waals surface area contributed by atoms with E-state index in [0.29, 0.717) is 0 Å². The average molecular weight is 158 g/mol. The summed E-state index contributed by atoms with van der Waals surface area (Å²) in [6.07, 6.45) is 1.38. The summed E-state index contributed by atoms with van der Waals surface area (Å²) in [7, 11) is 0. The van der Waals surface area contributed by atoms with Crippen molar-refractivity contribution in [2.24, 2.45) is 17.8 Å². The Bertz CT molecular complexity index is 98.9. The lowest BCUT2D eigenvalue weighted by atomic mass is 9.85. The van der Waals surface area contributed by atoms with E-state index in [9.17, 15) is 0 Å². The molecule has 1 rings (SSSR count). The first-order valence-corrected chi connectivity index (χ1v) is 5.49. The van der Waals surface area contributed by atoms with Crippen LogP contribution in [-0.4, -0.2) is 11.5 Å². The van der Waals surface area contributed by atoms with Gasteiger partial charge in [-0.05, 0) is 29.3 Å². The monoisotopic (exact) mass is 158 g/mol. The topological polar surface area (TPSA) is 0 Å². The third-order valence-corrected chi connectivity index (χ3v) is 3.91. The molecular formula is C9H18S. The van der Waals surface area contributed by atoms with Gasteiger partial charge in [0.2, 0.25) is 0 Å². The van der Waals surface area contributed by atoms with Gasteiger partial charge in [-0.1, -0.05) is 27.2 Å². The number of hydrogen-bond donors (Lipinski definition) is 0. The second-order valence-corrected chi connectivity index (χ2v) is 4.69. The maximum absolute atomic E-state index is 2.36. The zero-order chi connectivity index (χ0) is 7.56. The van der Waals surface area contributed by atoms with Gasteiger partial charge in [-0.25, -0.2) is 0 Å². The van der Waals surface area contributed by atoms with Crippen LogP contribution in [0.4, 0.5) is 0 Å². The van der Waals surface area contributed by atoms with E-state index in [1.807, 2.05) is 0 Å². The lowest BCUT2D eigenvalue weighted by molar-refractivity contribution is 0.314. The van der Waals surface area contributed by atoms with E-state index >= 15 is 0 Å². The highest BCUT2D eigenvalue weighted by molar-refractivity contribution is 7.99. The largest absolute Gasteiger partial charge is 0.161 e. The molecule has 0 nitrogen and oxygen atoms in total. The minimum Gasteiger partial charge on any atom is -0.161 e. The van der Waals surface area contributed by atoms with E-state index in [0.717, 1.165) is 17.8 Å². The molecule has 0 aromatic heterocycles. The van der Waals surface area contributed by atoms with Crippen molar-refractivity contribution in [2.45, 2.75) is 27.2 Å². The fraction of sp³-hybridized carbons (Fsp3) is 1.00. The third kappa shape index (κ3) is 1.69. The fourth-order valence-electron chi connectivity index (χ4n) is 1.77. The Labute approximate surface area is 68.8 Å². The summed E-state index contributed by atoms with van der Waals surface area (Å²) in [5.74, 6) is 5.76. The summed E-state index contributed by atoms with van der Waals surface area (Å²) in [5.41, 5.74) is 0. The smallest absolute Gasteiger partial charge is 0.00336 e. The Kier molecular flexibility index (Phi) is 3.09. The zero-order valence-corrected chi connectivity index (χ0v) is 8.08. The lowest BCUT2D eigenvalue weighted by Gasteiger charge is -2.20. The van der Waals surface area contributed by atoms with Crippen molar-refractivity contribution < 1.29 is 0 Å². The van der Waals surface area contributed by atoms with Crippen molar-refractivity contribution in [1.82, 2.24) is 0 Å². The molecule has 0 N–H and O–H groups in total. The molecule has 0 saturated carbocycles. The van der Waals surface area contributed by atoms with E-state index in [2.05, 4.69) is 32.5 Å². The van der Waals surface area contributed by atoms with Gasteiger partial charge in [-0.3, -0.25) is 0 Å². The van der Waals surface area contributed by atoms with Gasteiger partial charge in [0, 0.05) is 0 Å². The minimum atomic E-state index is 0.903. The number of rotatable bonds is 2. The Hall–Kier alpha value is 0.350. The summed E-state index contributed by atoms with van der Waals surface area (Å²) < 4.78 is 0. The average Bonchev–Trinajstić information content (AvgIpc) is 2.33. The maximum atomic E-state index is 2.36. The maximum Gasteiger partial charge on any atom is -0.00336 e. The zero-order valence-electron chi connectivity index (χ0n) is 7.26. The molecule has 1 heteroatoms. The van der Waals surface area contributed by atoms with Gasteiger partial charge in [0.25, 0.3) is 0 Å². The first-order valence-electron chi connectivity index (χ1n) is 4.33. The molecule has 1 aliphatic heterocycles. The molecular weight excluding hydrogens is 140 g/mol. The predicted molar refractivity (Wildman–Crippen MR) is 49.4 cm³/mol. The molecule has 1 heterocycles. The molecule has 2 unspecified atom stereocenters. The molecule has 0 radical (unpaired) electrons. The molecule has 0 aromatic carbocycles. The first-order chi connectivity index (χ1) is 4.75. The van der Waals surface area contributed by atoms with E-state index in [1.54, 1.807) is 0 Å². The van der Waals surface area contributed by atoms with Crippen LogP contribution in [0.1, 0.15) is 27.2 Å². The molecule has 2 atom stereocenters. The van der Waals surface area contributed by atoms with Crippen LogP contribution in [0.3, 0.4) is 0 Å². The van der Waals surface area contributed by atoms with Crippen LogP contribution in [0.2, 0.25) is 0 Å². The van der Waals surface area contributed by atoms with Gasteiger partial charge in [-0.15, -0.1) is 0 Å². The van der Waals surface area contributed by atoms with Gasteiger partial charge >= 0.3 is 0 Å². The molecule has 0 amide bonds. The van der Waals surface area contributed by atoms with E-state index in [-0.39, 0.29) is 0 Å². The van der Waals surface area contributed by atoms with E-state index in [1.165, 1.54) is 17.9 Å². The van der Waals surface area contributed by atoms with Crippen molar-refractivity contribution in [3.05, 3.63) is 0 Å². The van der Waals surface area contributed by atoms with Crippen molar-refractivity contribution in [3.63, 3.8) is 0 Å². The molecule has 60 valence electrons. The van der Waals surface area contributed by atoms with E-state index in [4.69, 9.17) is 0 Å². The highest BCUT2D eigenvalue weighted by atomic mass is 32.2. The van der Waals surface area contributed by atoms with Crippen molar-refractivity contribution in [1.29, 1.82) is 0 Å². The molecule has 1 fully saturated rings. The van der Waals surface area contributed by atoms with Crippen LogP contribution in [0.15, 0.2) is 0 Å². The molecule has 1 aliphatic rings. The second kappa shape index (κ2) is 3.66. The van der Waals surface area contributed by atoms with Crippen molar-refractivity contribution >= 4 is 11.8 Å². The van der Waals surface area contributed by atoms with Gasteiger partial charge in [0.05, 0.1) is 0 Å². The number of hydrogen-bond acceptors (Lipinski definition) is 1. The molecule has 0 bridgehead atoms. The Balaban J connectivity index is 2.42. The van der Waals surface area contributed by atoms with Gasteiger partial charge in [0.15, 0.2) is 0 Å². The van der Waals surface area contributed by atoms with Gasteiger partial charge in [0.1, 0.15) is 0 Å². The molecule has 0 aromatic rings. The quantitative estimate of drug-likeness (QED) is 0.595. The van der Waals surface area contributed by atoms with Gasteiger partial charge in [-0.2, -0.15) is 11.8 Å². The highest BCUT2D eigenvalue weighted by Crippen LogP contribution is 2.36. The Morgan fingerprint density at radius 1 is 1.40 bits per heavy atom. The highest BCUT2D eigenvalue weighted by Gasteiger charge is 2.28. The van der Waals surface area contributed by atoms with Crippen molar-refractivity contribution in [3.8, 4) is 0 Å². The van der Waals surface area contributed by atoms with Crippen LogP contribution in [0.25, 0.3) is 0 Å². The molecule has 0 spiro atoms. The van der Waals surface area contributed by atoms with E-state index < -0.39 is 0 Å².